The van der Waals surface area contributed by atoms with Gasteiger partial charge in [0.1, 0.15) is 5.75 Å². The Balaban J connectivity index is 2.30. The molecule has 3 heteroatoms. The molecule has 0 bridgehead atoms. The van der Waals surface area contributed by atoms with Crippen molar-refractivity contribution in [3.8, 4) is 5.75 Å². The normalized spacial score (nSPS) is 12.4. The molecule has 1 rings (SSSR count). The van der Waals surface area contributed by atoms with Crippen molar-refractivity contribution in [1.82, 2.24) is 0 Å². The minimum absolute atomic E-state index is 0.0305. The van der Waals surface area contributed by atoms with Crippen LogP contribution in [0.4, 0.5) is 0 Å². The Hall–Kier alpha value is -1.06. The van der Waals surface area contributed by atoms with Gasteiger partial charge in [0, 0.05) is 0 Å². The Labute approximate surface area is 104 Å². The van der Waals surface area contributed by atoms with Crippen LogP contribution in [0.25, 0.3) is 0 Å². The zero-order chi connectivity index (χ0) is 12.5. The van der Waals surface area contributed by atoms with Gasteiger partial charge in [-0.1, -0.05) is 38.3 Å². The van der Waals surface area contributed by atoms with Gasteiger partial charge in [-0.15, -0.1) is 0 Å². The standard InChI is InChI=1S/C14H23NO2/c1-2-3-4-5-10-17-13-8-6-12(7-9-13)14(15)11-16/h6-9,14,16H,2-5,10-11,15H2,1H3/t14-/m0/s1. The topological polar surface area (TPSA) is 55.5 Å². The second-order valence-electron chi connectivity index (χ2n) is 4.27. The van der Waals surface area contributed by atoms with Crippen LogP contribution >= 0.6 is 0 Å². The first kappa shape index (κ1) is 14.0. The molecule has 0 amide bonds. The van der Waals surface area contributed by atoms with Crippen molar-refractivity contribution < 1.29 is 9.84 Å². The number of ether oxygens (including phenoxy) is 1. The maximum absolute atomic E-state index is 8.93. The molecule has 3 N–H and O–H groups in total. The van der Waals surface area contributed by atoms with Crippen LogP contribution in [0.2, 0.25) is 0 Å². The number of hydrogen-bond acceptors (Lipinski definition) is 3. The number of rotatable bonds is 8. The number of unbranched alkanes of at least 4 members (excludes halogenated alkanes) is 3. The van der Waals surface area contributed by atoms with Crippen molar-refractivity contribution in [3.05, 3.63) is 29.8 Å². The Bertz CT molecular complexity index is 298. The van der Waals surface area contributed by atoms with Gasteiger partial charge >= 0.3 is 0 Å². The van der Waals surface area contributed by atoms with Gasteiger partial charge in [-0.25, -0.2) is 0 Å². The lowest BCUT2D eigenvalue weighted by molar-refractivity contribution is 0.267. The van der Waals surface area contributed by atoms with Gasteiger partial charge in [-0.05, 0) is 24.1 Å². The van der Waals surface area contributed by atoms with Crippen molar-refractivity contribution in [2.75, 3.05) is 13.2 Å². The molecule has 0 aromatic heterocycles. The van der Waals surface area contributed by atoms with Crippen molar-refractivity contribution in [2.45, 2.75) is 38.6 Å². The molecule has 1 aromatic rings. The predicted octanol–water partition coefficient (Wildman–Crippen LogP) is 2.64. The fourth-order valence-electron chi connectivity index (χ4n) is 1.64. The highest BCUT2D eigenvalue weighted by atomic mass is 16.5. The molecule has 0 heterocycles. The van der Waals surface area contributed by atoms with Crippen LogP contribution in [0, 0.1) is 0 Å². The third-order valence-electron chi connectivity index (χ3n) is 2.77. The van der Waals surface area contributed by atoms with Crippen LogP contribution in [0.1, 0.15) is 44.2 Å². The second kappa shape index (κ2) is 8.09. The summed E-state index contributed by atoms with van der Waals surface area (Å²) in [5.41, 5.74) is 6.64. The van der Waals surface area contributed by atoms with Crippen LogP contribution in [-0.2, 0) is 0 Å². The van der Waals surface area contributed by atoms with Gasteiger partial charge in [0.2, 0.25) is 0 Å². The maximum Gasteiger partial charge on any atom is 0.119 e. The van der Waals surface area contributed by atoms with Gasteiger partial charge in [-0.2, -0.15) is 0 Å². The molecule has 3 nitrogen and oxygen atoms in total. The average Bonchev–Trinajstić information content (AvgIpc) is 2.38. The molecule has 0 aliphatic carbocycles. The summed E-state index contributed by atoms with van der Waals surface area (Å²) in [6, 6.07) is 7.33. The van der Waals surface area contributed by atoms with E-state index in [4.69, 9.17) is 15.6 Å². The molecular weight excluding hydrogens is 214 g/mol. The molecule has 1 aromatic carbocycles. The van der Waals surface area contributed by atoms with E-state index in [1.54, 1.807) is 0 Å². The summed E-state index contributed by atoms with van der Waals surface area (Å²) in [6.45, 7) is 2.94. The SMILES string of the molecule is CCCCCCOc1ccc([C@@H](N)CO)cc1. The maximum atomic E-state index is 8.93. The van der Waals surface area contributed by atoms with E-state index in [9.17, 15) is 0 Å². The molecule has 0 saturated heterocycles. The van der Waals surface area contributed by atoms with Crippen LogP contribution in [-0.4, -0.2) is 18.3 Å². The van der Waals surface area contributed by atoms with E-state index in [1.165, 1.54) is 19.3 Å². The van der Waals surface area contributed by atoms with Crippen LogP contribution in [0.3, 0.4) is 0 Å². The summed E-state index contributed by atoms with van der Waals surface area (Å²) < 4.78 is 5.62. The molecule has 1 atom stereocenters. The van der Waals surface area contributed by atoms with Crippen molar-refractivity contribution in [1.29, 1.82) is 0 Å². The molecule has 0 radical (unpaired) electrons. The zero-order valence-electron chi connectivity index (χ0n) is 10.6. The highest BCUT2D eigenvalue weighted by molar-refractivity contribution is 5.29. The lowest BCUT2D eigenvalue weighted by atomic mass is 10.1. The Morgan fingerprint density at radius 2 is 1.88 bits per heavy atom. The van der Waals surface area contributed by atoms with Gasteiger partial charge in [0.15, 0.2) is 0 Å². The molecule has 17 heavy (non-hydrogen) atoms. The second-order valence-corrected chi connectivity index (χ2v) is 4.27. The Morgan fingerprint density at radius 1 is 1.18 bits per heavy atom. The fraction of sp³-hybridized carbons (Fsp3) is 0.571. The summed E-state index contributed by atoms with van der Waals surface area (Å²) in [7, 11) is 0. The van der Waals surface area contributed by atoms with Gasteiger partial charge in [0.05, 0.1) is 19.3 Å². The Kier molecular flexibility index (Phi) is 6.67. The van der Waals surface area contributed by atoms with Crippen LogP contribution in [0.5, 0.6) is 5.75 Å². The molecule has 0 unspecified atom stereocenters. The minimum atomic E-state index is -0.298. The third kappa shape index (κ3) is 5.20. The van der Waals surface area contributed by atoms with Crippen molar-refractivity contribution >= 4 is 0 Å². The zero-order valence-corrected chi connectivity index (χ0v) is 10.6. The van der Waals surface area contributed by atoms with Crippen molar-refractivity contribution in [3.63, 3.8) is 0 Å². The first-order valence-corrected chi connectivity index (χ1v) is 6.37. The minimum Gasteiger partial charge on any atom is -0.494 e. The number of aliphatic hydroxyl groups is 1. The third-order valence-corrected chi connectivity index (χ3v) is 2.77. The first-order chi connectivity index (χ1) is 8.27. The van der Waals surface area contributed by atoms with Crippen LogP contribution in [0.15, 0.2) is 24.3 Å². The monoisotopic (exact) mass is 237 g/mol. The van der Waals surface area contributed by atoms with Crippen molar-refractivity contribution in [2.24, 2.45) is 5.73 Å². The summed E-state index contributed by atoms with van der Waals surface area (Å²) in [6.07, 6.45) is 4.84. The van der Waals surface area contributed by atoms with E-state index in [0.717, 1.165) is 24.3 Å². The summed E-state index contributed by atoms with van der Waals surface area (Å²) in [5.74, 6) is 0.871. The summed E-state index contributed by atoms with van der Waals surface area (Å²) >= 11 is 0. The molecule has 0 fully saturated rings. The number of benzene rings is 1. The Morgan fingerprint density at radius 3 is 2.47 bits per heavy atom. The molecule has 96 valence electrons. The highest BCUT2D eigenvalue weighted by Gasteiger charge is 2.03. The predicted molar refractivity (Wildman–Crippen MR) is 70.1 cm³/mol. The largest absolute Gasteiger partial charge is 0.494 e. The highest BCUT2D eigenvalue weighted by Crippen LogP contribution is 2.16. The summed E-state index contributed by atoms with van der Waals surface area (Å²) in [4.78, 5) is 0. The first-order valence-electron chi connectivity index (χ1n) is 6.37. The number of hydrogen-bond donors (Lipinski definition) is 2. The molecule has 0 saturated carbocycles. The lowest BCUT2D eigenvalue weighted by Crippen LogP contribution is -2.14. The van der Waals surface area contributed by atoms with E-state index in [2.05, 4.69) is 6.92 Å². The molecule has 0 aliphatic rings. The van der Waals surface area contributed by atoms with Crippen LogP contribution < -0.4 is 10.5 Å². The van der Waals surface area contributed by atoms with Gasteiger partial charge in [-0.3, -0.25) is 0 Å². The average molecular weight is 237 g/mol. The fourth-order valence-corrected chi connectivity index (χ4v) is 1.64. The molecular formula is C14H23NO2. The number of nitrogens with two attached hydrogens (primary N) is 1. The van der Waals surface area contributed by atoms with Gasteiger partial charge in [0.25, 0.3) is 0 Å². The van der Waals surface area contributed by atoms with E-state index in [1.807, 2.05) is 24.3 Å². The smallest absolute Gasteiger partial charge is 0.119 e. The van der Waals surface area contributed by atoms with E-state index in [-0.39, 0.29) is 12.6 Å². The van der Waals surface area contributed by atoms with E-state index in [0.29, 0.717) is 0 Å². The van der Waals surface area contributed by atoms with E-state index >= 15 is 0 Å². The van der Waals surface area contributed by atoms with Gasteiger partial charge < -0.3 is 15.6 Å². The molecule has 0 aliphatic heterocycles. The quantitative estimate of drug-likeness (QED) is 0.683. The molecule has 0 spiro atoms. The number of aliphatic hydroxyl groups excluding tert-OH is 1. The lowest BCUT2D eigenvalue weighted by Gasteiger charge is -2.10. The summed E-state index contributed by atoms with van der Waals surface area (Å²) in [5, 5.41) is 8.93. The van der Waals surface area contributed by atoms with E-state index < -0.39 is 0 Å².